The van der Waals surface area contributed by atoms with E-state index in [1.165, 1.54) is 12.8 Å². The van der Waals surface area contributed by atoms with Gasteiger partial charge in [0.1, 0.15) is 0 Å². The summed E-state index contributed by atoms with van der Waals surface area (Å²) in [7, 11) is 0. The number of nitrogens with zero attached hydrogens (tertiary/aromatic N) is 1. The number of hydrogen-bond acceptors (Lipinski definition) is 3. The van der Waals surface area contributed by atoms with Crippen LogP contribution in [-0.4, -0.2) is 41.8 Å². The summed E-state index contributed by atoms with van der Waals surface area (Å²) in [6.07, 6.45) is 2.19. The van der Waals surface area contributed by atoms with Crippen molar-refractivity contribution in [1.82, 2.24) is 4.90 Å². The summed E-state index contributed by atoms with van der Waals surface area (Å²) in [6, 6.07) is 0.635. The van der Waals surface area contributed by atoms with Gasteiger partial charge in [-0.1, -0.05) is 0 Å². The quantitative estimate of drug-likeness (QED) is 0.597. The number of rotatable bonds is 3. The summed E-state index contributed by atoms with van der Waals surface area (Å²) in [5, 5.41) is 9.27. The number of likely N-dealkylation sites (tertiary alicyclic amines) is 1. The predicted molar refractivity (Wildman–Crippen MR) is 45.3 cm³/mol. The van der Waals surface area contributed by atoms with Crippen LogP contribution in [0, 0.1) is 0 Å². The van der Waals surface area contributed by atoms with E-state index in [0.29, 0.717) is 12.6 Å². The summed E-state index contributed by atoms with van der Waals surface area (Å²) < 4.78 is 0. The van der Waals surface area contributed by atoms with Gasteiger partial charge in [-0.2, -0.15) is 0 Å². The highest BCUT2D eigenvalue weighted by atomic mass is 16.3. The smallest absolute Gasteiger partial charge is 0.0789 e. The van der Waals surface area contributed by atoms with E-state index in [1.807, 2.05) is 0 Å². The lowest BCUT2D eigenvalue weighted by atomic mass is 10.2. The minimum atomic E-state index is -0.337. The van der Waals surface area contributed by atoms with Crippen molar-refractivity contribution in [2.75, 3.05) is 19.6 Å². The summed E-state index contributed by atoms with van der Waals surface area (Å²) in [5.41, 5.74) is 5.32. The minimum Gasteiger partial charge on any atom is -0.390 e. The lowest BCUT2D eigenvalue weighted by Gasteiger charge is -2.23. The van der Waals surface area contributed by atoms with Gasteiger partial charge in [-0.15, -0.1) is 0 Å². The second-order valence-corrected chi connectivity index (χ2v) is 3.38. The Morgan fingerprint density at radius 1 is 1.73 bits per heavy atom. The SMILES string of the molecule is C[C@@H]1CCCN1C[C@H](O)CN. The van der Waals surface area contributed by atoms with Crippen molar-refractivity contribution in [1.29, 1.82) is 0 Å². The number of β-amino-alcohol motifs (C(OH)–C–C–N with tert-alkyl or cyclic N) is 1. The van der Waals surface area contributed by atoms with Gasteiger partial charge in [-0.25, -0.2) is 0 Å². The predicted octanol–water partition coefficient (Wildman–Crippen LogP) is -0.210. The van der Waals surface area contributed by atoms with Crippen molar-refractivity contribution >= 4 is 0 Å². The molecule has 3 N–H and O–H groups in total. The molecule has 1 fully saturated rings. The third kappa shape index (κ3) is 2.43. The molecule has 0 saturated carbocycles. The third-order valence-corrected chi connectivity index (χ3v) is 2.41. The monoisotopic (exact) mass is 158 g/mol. The molecule has 1 rings (SSSR count). The van der Waals surface area contributed by atoms with E-state index in [1.54, 1.807) is 0 Å². The Hall–Kier alpha value is -0.120. The van der Waals surface area contributed by atoms with Gasteiger partial charge in [0.2, 0.25) is 0 Å². The minimum absolute atomic E-state index is 0.337. The van der Waals surface area contributed by atoms with Crippen LogP contribution in [0.15, 0.2) is 0 Å². The Morgan fingerprint density at radius 3 is 2.91 bits per heavy atom. The first-order valence-corrected chi connectivity index (χ1v) is 4.36. The second kappa shape index (κ2) is 4.04. The largest absolute Gasteiger partial charge is 0.390 e. The van der Waals surface area contributed by atoms with Crippen LogP contribution in [0.1, 0.15) is 19.8 Å². The van der Waals surface area contributed by atoms with Gasteiger partial charge in [0.25, 0.3) is 0 Å². The number of aliphatic hydroxyl groups excluding tert-OH is 1. The molecule has 0 radical (unpaired) electrons. The standard InChI is InChI=1S/C8H18N2O/c1-7-3-2-4-10(7)6-8(11)5-9/h7-8,11H,2-6,9H2,1H3/t7-,8-/m1/s1. The Kier molecular flexibility index (Phi) is 3.30. The molecule has 1 aliphatic rings. The van der Waals surface area contributed by atoms with Crippen LogP contribution in [-0.2, 0) is 0 Å². The molecule has 66 valence electrons. The highest BCUT2D eigenvalue weighted by molar-refractivity contribution is 4.77. The lowest BCUT2D eigenvalue weighted by Crippen LogP contribution is -2.38. The molecular formula is C8H18N2O. The van der Waals surface area contributed by atoms with Gasteiger partial charge in [0, 0.05) is 19.1 Å². The zero-order valence-corrected chi connectivity index (χ0v) is 7.16. The summed E-state index contributed by atoms with van der Waals surface area (Å²) >= 11 is 0. The average Bonchev–Trinajstić information content (AvgIpc) is 2.37. The van der Waals surface area contributed by atoms with E-state index in [-0.39, 0.29) is 6.10 Å². The van der Waals surface area contributed by atoms with E-state index < -0.39 is 0 Å². The fraction of sp³-hybridized carbons (Fsp3) is 1.00. The number of hydrogen-bond donors (Lipinski definition) is 2. The van der Waals surface area contributed by atoms with Crippen LogP contribution in [0.25, 0.3) is 0 Å². The second-order valence-electron chi connectivity index (χ2n) is 3.38. The fourth-order valence-corrected chi connectivity index (χ4v) is 1.61. The van der Waals surface area contributed by atoms with Crippen LogP contribution in [0.3, 0.4) is 0 Å². The van der Waals surface area contributed by atoms with Crippen molar-refractivity contribution in [2.45, 2.75) is 31.9 Å². The van der Waals surface area contributed by atoms with Gasteiger partial charge in [0.05, 0.1) is 6.10 Å². The average molecular weight is 158 g/mol. The molecule has 0 aromatic rings. The zero-order chi connectivity index (χ0) is 8.27. The molecule has 0 aromatic carbocycles. The van der Waals surface area contributed by atoms with Gasteiger partial charge in [-0.05, 0) is 26.3 Å². The molecule has 2 atom stereocenters. The molecule has 3 heteroatoms. The third-order valence-electron chi connectivity index (χ3n) is 2.41. The highest BCUT2D eigenvalue weighted by Gasteiger charge is 2.21. The Labute approximate surface area is 68.2 Å². The van der Waals surface area contributed by atoms with Crippen molar-refractivity contribution in [3.63, 3.8) is 0 Å². The van der Waals surface area contributed by atoms with Crippen molar-refractivity contribution in [3.8, 4) is 0 Å². The van der Waals surface area contributed by atoms with Crippen LogP contribution in [0.2, 0.25) is 0 Å². The maximum Gasteiger partial charge on any atom is 0.0789 e. The molecule has 0 aromatic heterocycles. The first-order valence-electron chi connectivity index (χ1n) is 4.36. The van der Waals surface area contributed by atoms with Crippen LogP contribution in [0.5, 0.6) is 0 Å². The lowest BCUT2D eigenvalue weighted by molar-refractivity contribution is 0.115. The Balaban J connectivity index is 2.24. The maximum atomic E-state index is 9.27. The van der Waals surface area contributed by atoms with Gasteiger partial charge in [-0.3, -0.25) is 4.90 Å². The first kappa shape index (κ1) is 8.97. The van der Waals surface area contributed by atoms with Crippen molar-refractivity contribution in [2.24, 2.45) is 5.73 Å². The zero-order valence-electron chi connectivity index (χ0n) is 7.16. The normalized spacial score (nSPS) is 29.2. The van der Waals surface area contributed by atoms with Gasteiger partial charge < -0.3 is 10.8 Å². The molecule has 0 unspecified atom stereocenters. The molecule has 1 aliphatic heterocycles. The summed E-state index contributed by atoms with van der Waals surface area (Å²) in [4.78, 5) is 2.30. The highest BCUT2D eigenvalue weighted by Crippen LogP contribution is 2.15. The van der Waals surface area contributed by atoms with Crippen LogP contribution >= 0.6 is 0 Å². The topological polar surface area (TPSA) is 49.5 Å². The maximum absolute atomic E-state index is 9.27. The van der Waals surface area contributed by atoms with Crippen LogP contribution in [0.4, 0.5) is 0 Å². The molecule has 11 heavy (non-hydrogen) atoms. The summed E-state index contributed by atoms with van der Waals surface area (Å²) in [6.45, 7) is 4.45. The van der Waals surface area contributed by atoms with E-state index in [4.69, 9.17) is 5.73 Å². The fourth-order valence-electron chi connectivity index (χ4n) is 1.61. The first-order chi connectivity index (χ1) is 5.24. The van der Waals surface area contributed by atoms with Gasteiger partial charge in [0.15, 0.2) is 0 Å². The number of nitrogens with two attached hydrogens (primary N) is 1. The van der Waals surface area contributed by atoms with Gasteiger partial charge >= 0.3 is 0 Å². The molecule has 1 heterocycles. The van der Waals surface area contributed by atoms with E-state index in [9.17, 15) is 5.11 Å². The molecule has 1 saturated heterocycles. The van der Waals surface area contributed by atoms with Crippen molar-refractivity contribution < 1.29 is 5.11 Å². The van der Waals surface area contributed by atoms with Crippen LogP contribution < -0.4 is 5.73 Å². The Bertz CT molecular complexity index is 119. The van der Waals surface area contributed by atoms with E-state index >= 15 is 0 Å². The number of aliphatic hydroxyl groups is 1. The summed E-state index contributed by atoms with van der Waals surface area (Å²) in [5.74, 6) is 0. The Morgan fingerprint density at radius 2 is 2.45 bits per heavy atom. The molecule has 0 amide bonds. The molecule has 0 aliphatic carbocycles. The molecule has 3 nitrogen and oxygen atoms in total. The molecular weight excluding hydrogens is 140 g/mol. The van der Waals surface area contributed by atoms with E-state index in [2.05, 4.69) is 11.8 Å². The molecule has 0 bridgehead atoms. The molecule has 0 spiro atoms. The van der Waals surface area contributed by atoms with Crippen molar-refractivity contribution in [3.05, 3.63) is 0 Å². The van der Waals surface area contributed by atoms with E-state index in [0.717, 1.165) is 13.1 Å².